The van der Waals surface area contributed by atoms with E-state index >= 15 is 0 Å². The summed E-state index contributed by atoms with van der Waals surface area (Å²) in [6.45, 7) is 4.35. The summed E-state index contributed by atoms with van der Waals surface area (Å²) < 4.78 is 0. The summed E-state index contributed by atoms with van der Waals surface area (Å²) in [6.07, 6.45) is -0.737. The molecule has 1 aliphatic heterocycles. The molecule has 15 heavy (non-hydrogen) atoms. The SMILES string of the molecule is CC(C)S[C@@H]1C[C@@H](C(=O)O)N(C(=O)O)C1. The fourth-order valence-corrected chi connectivity index (χ4v) is 3.04. The largest absolute Gasteiger partial charge is 0.480 e. The number of likely N-dealkylation sites (tertiary alicyclic amines) is 1. The molecule has 1 saturated heterocycles. The smallest absolute Gasteiger partial charge is 0.408 e. The molecule has 2 N–H and O–H groups in total. The third-order valence-corrected chi connectivity index (χ3v) is 3.53. The first kappa shape index (κ1) is 12.2. The first-order valence-electron chi connectivity index (χ1n) is 4.79. The van der Waals surface area contributed by atoms with E-state index in [1.165, 1.54) is 0 Å². The molecule has 5 nitrogen and oxygen atoms in total. The summed E-state index contributed by atoms with van der Waals surface area (Å²) >= 11 is 1.64. The van der Waals surface area contributed by atoms with Gasteiger partial charge in [-0.2, -0.15) is 11.8 Å². The average Bonchev–Trinajstić information content (AvgIpc) is 2.46. The van der Waals surface area contributed by atoms with Crippen molar-refractivity contribution in [2.45, 2.75) is 36.8 Å². The van der Waals surface area contributed by atoms with Crippen LogP contribution in [0.4, 0.5) is 4.79 Å². The van der Waals surface area contributed by atoms with E-state index in [1.54, 1.807) is 11.8 Å². The Balaban J connectivity index is 2.65. The summed E-state index contributed by atoms with van der Waals surface area (Å²) in [7, 11) is 0. The molecule has 0 aromatic rings. The summed E-state index contributed by atoms with van der Waals surface area (Å²) in [5, 5.41) is 18.2. The van der Waals surface area contributed by atoms with Crippen molar-refractivity contribution in [3.8, 4) is 0 Å². The molecule has 86 valence electrons. The molecular formula is C9H15NO4S. The van der Waals surface area contributed by atoms with Gasteiger partial charge in [0.15, 0.2) is 0 Å². The number of aliphatic carboxylic acids is 1. The molecular weight excluding hydrogens is 218 g/mol. The minimum atomic E-state index is -1.14. The lowest BCUT2D eigenvalue weighted by Gasteiger charge is -2.16. The van der Waals surface area contributed by atoms with E-state index < -0.39 is 18.1 Å². The maximum atomic E-state index is 10.8. The van der Waals surface area contributed by atoms with Crippen LogP contribution in [0.3, 0.4) is 0 Å². The molecule has 0 aromatic heterocycles. The predicted molar refractivity (Wildman–Crippen MR) is 57.3 cm³/mol. The van der Waals surface area contributed by atoms with Gasteiger partial charge in [0.2, 0.25) is 0 Å². The highest BCUT2D eigenvalue weighted by atomic mass is 32.2. The van der Waals surface area contributed by atoms with E-state index in [-0.39, 0.29) is 5.25 Å². The number of carboxylic acid groups (broad SMARTS) is 2. The molecule has 1 aliphatic rings. The zero-order valence-corrected chi connectivity index (χ0v) is 9.53. The van der Waals surface area contributed by atoms with Gasteiger partial charge in [-0.05, 0) is 11.7 Å². The van der Waals surface area contributed by atoms with E-state index in [4.69, 9.17) is 10.2 Å². The summed E-state index contributed by atoms with van der Waals surface area (Å²) in [5.41, 5.74) is 0. The van der Waals surface area contributed by atoms with Crippen LogP contribution in [0.5, 0.6) is 0 Å². The second-order valence-electron chi connectivity index (χ2n) is 3.83. The van der Waals surface area contributed by atoms with Crippen molar-refractivity contribution in [1.29, 1.82) is 0 Å². The van der Waals surface area contributed by atoms with Gasteiger partial charge in [0.1, 0.15) is 6.04 Å². The molecule has 0 aliphatic carbocycles. The fourth-order valence-electron chi connectivity index (χ4n) is 1.73. The Morgan fingerprint density at radius 3 is 2.33 bits per heavy atom. The van der Waals surface area contributed by atoms with Gasteiger partial charge >= 0.3 is 12.1 Å². The molecule has 0 bridgehead atoms. The Morgan fingerprint density at radius 2 is 2.00 bits per heavy atom. The van der Waals surface area contributed by atoms with E-state index in [1.807, 2.05) is 13.8 Å². The number of carbonyl (C=O) groups is 2. The van der Waals surface area contributed by atoms with Crippen molar-refractivity contribution in [1.82, 2.24) is 4.90 Å². The lowest BCUT2D eigenvalue weighted by Crippen LogP contribution is -2.39. The van der Waals surface area contributed by atoms with E-state index in [9.17, 15) is 9.59 Å². The molecule has 0 saturated carbocycles. The molecule has 0 aromatic carbocycles. The quantitative estimate of drug-likeness (QED) is 0.769. The number of rotatable bonds is 3. The molecule has 0 spiro atoms. The average molecular weight is 233 g/mol. The van der Waals surface area contributed by atoms with Gasteiger partial charge in [0.25, 0.3) is 0 Å². The van der Waals surface area contributed by atoms with Crippen molar-refractivity contribution in [3.63, 3.8) is 0 Å². The van der Waals surface area contributed by atoms with Gasteiger partial charge in [-0.3, -0.25) is 4.90 Å². The van der Waals surface area contributed by atoms with Gasteiger partial charge in [0, 0.05) is 11.8 Å². The van der Waals surface area contributed by atoms with Crippen LogP contribution in [-0.4, -0.2) is 50.3 Å². The zero-order chi connectivity index (χ0) is 11.6. The molecule has 6 heteroatoms. The van der Waals surface area contributed by atoms with Crippen LogP contribution in [0.2, 0.25) is 0 Å². The maximum absolute atomic E-state index is 10.8. The van der Waals surface area contributed by atoms with Crippen molar-refractivity contribution in [2.24, 2.45) is 0 Å². The molecule has 2 atom stereocenters. The maximum Gasteiger partial charge on any atom is 0.408 e. The summed E-state index contributed by atoms with van der Waals surface area (Å²) in [5.74, 6) is -1.05. The Labute approximate surface area is 92.4 Å². The van der Waals surface area contributed by atoms with Crippen LogP contribution in [-0.2, 0) is 4.79 Å². The number of nitrogens with zero attached hydrogens (tertiary/aromatic N) is 1. The van der Waals surface area contributed by atoms with Crippen LogP contribution >= 0.6 is 11.8 Å². The highest BCUT2D eigenvalue weighted by molar-refractivity contribution is 8.00. The van der Waals surface area contributed by atoms with Crippen LogP contribution in [0, 0.1) is 0 Å². The second-order valence-corrected chi connectivity index (χ2v) is 5.71. The zero-order valence-electron chi connectivity index (χ0n) is 8.71. The number of thioether (sulfide) groups is 1. The van der Waals surface area contributed by atoms with Gasteiger partial charge in [-0.15, -0.1) is 0 Å². The molecule has 1 fully saturated rings. The van der Waals surface area contributed by atoms with Crippen molar-refractivity contribution in [3.05, 3.63) is 0 Å². The Bertz CT molecular complexity index is 247. The number of amides is 1. The summed E-state index contributed by atoms with van der Waals surface area (Å²) in [6, 6.07) is -0.876. The highest BCUT2D eigenvalue weighted by Gasteiger charge is 2.40. The first-order chi connectivity index (χ1) is 6.91. The number of hydrogen-bond acceptors (Lipinski definition) is 3. The third kappa shape index (κ3) is 3.02. The molecule has 1 rings (SSSR count). The van der Waals surface area contributed by atoms with Gasteiger partial charge in [0.05, 0.1) is 0 Å². The molecule has 1 heterocycles. The van der Waals surface area contributed by atoms with Crippen LogP contribution in [0.25, 0.3) is 0 Å². The van der Waals surface area contributed by atoms with Crippen molar-refractivity contribution >= 4 is 23.8 Å². The molecule has 1 amide bonds. The topological polar surface area (TPSA) is 77.8 Å². The monoisotopic (exact) mass is 233 g/mol. The van der Waals surface area contributed by atoms with Crippen molar-refractivity contribution in [2.75, 3.05) is 6.54 Å². The van der Waals surface area contributed by atoms with E-state index in [0.717, 1.165) is 4.90 Å². The number of hydrogen-bond donors (Lipinski definition) is 2. The fraction of sp³-hybridized carbons (Fsp3) is 0.778. The van der Waals surface area contributed by atoms with Gasteiger partial charge < -0.3 is 10.2 Å². The van der Waals surface area contributed by atoms with Gasteiger partial charge in [-0.1, -0.05) is 13.8 Å². The first-order valence-corrected chi connectivity index (χ1v) is 5.74. The Morgan fingerprint density at radius 1 is 1.40 bits per heavy atom. The Kier molecular flexibility index (Phi) is 3.84. The Hall–Kier alpha value is -0.910. The molecule has 0 radical (unpaired) electrons. The van der Waals surface area contributed by atoms with E-state index in [2.05, 4.69) is 0 Å². The van der Waals surface area contributed by atoms with Crippen LogP contribution in [0.1, 0.15) is 20.3 Å². The minimum Gasteiger partial charge on any atom is -0.480 e. The van der Waals surface area contributed by atoms with Crippen molar-refractivity contribution < 1.29 is 19.8 Å². The lowest BCUT2D eigenvalue weighted by molar-refractivity contribution is -0.141. The standard InChI is InChI=1S/C9H15NO4S/c1-5(2)15-6-3-7(8(11)12)10(4-6)9(13)14/h5-7H,3-4H2,1-2H3,(H,11,12)(H,13,14)/t6-,7+/m1/s1. The van der Waals surface area contributed by atoms with Gasteiger partial charge in [-0.25, -0.2) is 9.59 Å². The predicted octanol–water partition coefficient (Wildman–Crippen LogP) is 1.33. The van der Waals surface area contributed by atoms with Crippen LogP contribution in [0.15, 0.2) is 0 Å². The molecule has 0 unspecified atom stereocenters. The highest BCUT2D eigenvalue weighted by Crippen LogP contribution is 2.30. The van der Waals surface area contributed by atoms with Crippen LogP contribution < -0.4 is 0 Å². The minimum absolute atomic E-state index is 0.0993. The number of carboxylic acids is 1. The lowest BCUT2D eigenvalue weighted by atomic mass is 10.2. The second kappa shape index (κ2) is 4.74. The normalized spacial score (nSPS) is 25.9. The van der Waals surface area contributed by atoms with E-state index in [0.29, 0.717) is 18.2 Å². The third-order valence-electron chi connectivity index (χ3n) is 2.26. The summed E-state index contributed by atoms with van der Waals surface area (Å²) in [4.78, 5) is 22.7.